The minimum Gasteiger partial charge on any atom is -0.444 e. The van der Waals surface area contributed by atoms with Crippen LogP contribution in [0.1, 0.15) is 53.4 Å². The van der Waals surface area contributed by atoms with Gasteiger partial charge in [0.15, 0.2) is 0 Å². The first-order chi connectivity index (χ1) is 7.39. The third kappa shape index (κ3) is 8.53. The van der Waals surface area contributed by atoms with Gasteiger partial charge in [-0.15, -0.1) is 0 Å². The van der Waals surface area contributed by atoms with E-state index in [1.807, 2.05) is 20.8 Å². The summed E-state index contributed by atoms with van der Waals surface area (Å²) in [7, 11) is 0. The molecule has 0 aromatic heterocycles. The lowest BCUT2D eigenvalue weighted by molar-refractivity contribution is 0.0503. The molecule has 0 saturated carbocycles. The number of ether oxygens (including phenoxy) is 1. The monoisotopic (exact) mass is 230 g/mol. The molecule has 3 N–H and O–H groups in total. The highest BCUT2D eigenvalue weighted by molar-refractivity contribution is 5.68. The van der Waals surface area contributed by atoms with Gasteiger partial charge in [0, 0.05) is 12.6 Å². The standard InChI is InChI=1S/C12H26N2O2/c1-5-6-7-8-10(9-13)14-11(15)16-12(2,3)4/h10H,5-9,13H2,1-4H3,(H,14,15)/t10-/m0/s1. The molecule has 0 rings (SSSR count). The maximum Gasteiger partial charge on any atom is 0.407 e. The first-order valence-corrected chi connectivity index (χ1v) is 6.08. The average Bonchev–Trinajstić information content (AvgIpc) is 2.13. The molecular formula is C12H26N2O2. The Morgan fingerprint density at radius 3 is 2.44 bits per heavy atom. The predicted molar refractivity (Wildman–Crippen MR) is 66.4 cm³/mol. The van der Waals surface area contributed by atoms with Crippen LogP contribution in [0.5, 0.6) is 0 Å². The highest BCUT2D eigenvalue weighted by Crippen LogP contribution is 2.08. The van der Waals surface area contributed by atoms with Crippen molar-refractivity contribution in [3.63, 3.8) is 0 Å². The SMILES string of the molecule is CCCCC[C@@H](CN)NC(=O)OC(C)(C)C. The van der Waals surface area contributed by atoms with E-state index in [1.165, 1.54) is 12.8 Å². The lowest BCUT2D eigenvalue weighted by Gasteiger charge is -2.23. The first-order valence-electron chi connectivity index (χ1n) is 6.08. The number of nitrogens with two attached hydrogens (primary N) is 1. The number of hydrogen-bond acceptors (Lipinski definition) is 3. The van der Waals surface area contributed by atoms with Crippen molar-refractivity contribution in [3.8, 4) is 0 Å². The Labute approximate surface area is 98.9 Å². The zero-order valence-electron chi connectivity index (χ0n) is 11.0. The summed E-state index contributed by atoms with van der Waals surface area (Å²) in [5.41, 5.74) is 5.15. The Morgan fingerprint density at radius 2 is 2.00 bits per heavy atom. The number of nitrogens with one attached hydrogen (secondary N) is 1. The molecule has 4 nitrogen and oxygen atoms in total. The van der Waals surface area contributed by atoms with Crippen molar-refractivity contribution in [2.75, 3.05) is 6.54 Å². The molecule has 0 aliphatic rings. The van der Waals surface area contributed by atoms with E-state index in [0.717, 1.165) is 12.8 Å². The van der Waals surface area contributed by atoms with Crippen LogP contribution in [-0.4, -0.2) is 24.3 Å². The average molecular weight is 230 g/mol. The molecule has 0 spiro atoms. The van der Waals surface area contributed by atoms with E-state index in [0.29, 0.717) is 6.54 Å². The van der Waals surface area contributed by atoms with E-state index in [1.54, 1.807) is 0 Å². The van der Waals surface area contributed by atoms with Crippen molar-refractivity contribution in [1.82, 2.24) is 5.32 Å². The lowest BCUT2D eigenvalue weighted by atomic mass is 10.1. The molecule has 1 amide bonds. The number of amides is 1. The number of alkyl carbamates (subject to hydrolysis) is 1. The lowest BCUT2D eigenvalue weighted by Crippen LogP contribution is -2.42. The number of carbonyl (C=O) groups excluding carboxylic acids is 1. The van der Waals surface area contributed by atoms with Crippen LogP contribution in [-0.2, 0) is 4.74 Å². The molecule has 96 valence electrons. The molecule has 1 atom stereocenters. The summed E-state index contributed by atoms with van der Waals surface area (Å²) >= 11 is 0. The van der Waals surface area contributed by atoms with Gasteiger partial charge in [-0.2, -0.15) is 0 Å². The van der Waals surface area contributed by atoms with Crippen LogP contribution >= 0.6 is 0 Å². The van der Waals surface area contributed by atoms with Gasteiger partial charge in [0.2, 0.25) is 0 Å². The van der Waals surface area contributed by atoms with E-state index in [4.69, 9.17) is 10.5 Å². The molecule has 4 heteroatoms. The summed E-state index contributed by atoms with van der Waals surface area (Å²) < 4.78 is 5.17. The fourth-order valence-electron chi connectivity index (χ4n) is 1.36. The fourth-order valence-corrected chi connectivity index (χ4v) is 1.36. The predicted octanol–water partition coefficient (Wildman–Crippen LogP) is 2.42. The zero-order valence-corrected chi connectivity index (χ0v) is 11.0. The fraction of sp³-hybridized carbons (Fsp3) is 0.917. The molecule has 0 saturated heterocycles. The van der Waals surface area contributed by atoms with Crippen LogP contribution in [0.3, 0.4) is 0 Å². The summed E-state index contributed by atoms with van der Waals surface area (Å²) in [6.45, 7) is 8.16. The largest absolute Gasteiger partial charge is 0.444 e. The van der Waals surface area contributed by atoms with Crippen LogP contribution in [0.25, 0.3) is 0 Å². The van der Waals surface area contributed by atoms with Crippen LogP contribution < -0.4 is 11.1 Å². The van der Waals surface area contributed by atoms with Crippen LogP contribution in [0.2, 0.25) is 0 Å². The van der Waals surface area contributed by atoms with Gasteiger partial charge in [-0.25, -0.2) is 4.79 Å². The van der Waals surface area contributed by atoms with Gasteiger partial charge in [-0.3, -0.25) is 0 Å². The molecule has 0 aliphatic carbocycles. The molecule has 0 aliphatic heterocycles. The van der Waals surface area contributed by atoms with Crippen LogP contribution in [0.15, 0.2) is 0 Å². The second-order valence-electron chi connectivity index (χ2n) is 5.07. The van der Waals surface area contributed by atoms with Gasteiger partial charge in [-0.1, -0.05) is 26.2 Å². The third-order valence-electron chi connectivity index (χ3n) is 2.16. The van der Waals surface area contributed by atoms with Crippen molar-refractivity contribution < 1.29 is 9.53 Å². The van der Waals surface area contributed by atoms with E-state index in [-0.39, 0.29) is 12.1 Å². The Morgan fingerprint density at radius 1 is 1.38 bits per heavy atom. The van der Waals surface area contributed by atoms with Crippen molar-refractivity contribution in [1.29, 1.82) is 0 Å². The molecule has 0 aromatic carbocycles. The van der Waals surface area contributed by atoms with Gasteiger partial charge in [-0.05, 0) is 27.2 Å². The van der Waals surface area contributed by atoms with Gasteiger partial charge >= 0.3 is 6.09 Å². The van der Waals surface area contributed by atoms with E-state index in [2.05, 4.69) is 12.2 Å². The van der Waals surface area contributed by atoms with E-state index < -0.39 is 5.60 Å². The molecule has 0 fully saturated rings. The Bertz CT molecular complexity index is 200. The van der Waals surface area contributed by atoms with Crippen molar-refractivity contribution in [2.45, 2.75) is 65.0 Å². The molecule has 0 radical (unpaired) electrons. The van der Waals surface area contributed by atoms with E-state index >= 15 is 0 Å². The normalized spacial score (nSPS) is 13.3. The van der Waals surface area contributed by atoms with Gasteiger partial charge in [0.25, 0.3) is 0 Å². The highest BCUT2D eigenvalue weighted by Gasteiger charge is 2.18. The van der Waals surface area contributed by atoms with Gasteiger partial charge < -0.3 is 15.8 Å². The number of rotatable bonds is 6. The Hall–Kier alpha value is -0.770. The second kappa shape index (κ2) is 7.49. The molecular weight excluding hydrogens is 204 g/mol. The molecule has 0 unspecified atom stereocenters. The summed E-state index contributed by atoms with van der Waals surface area (Å²) in [6.07, 6.45) is 3.98. The Balaban J connectivity index is 3.88. The summed E-state index contributed by atoms with van der Waals surface area (Å²) in [5.74, 6) is 0. The zero-order chi connectivity index (χ0) is 12.6. The maximum absolute atomic E-state index is 11.5. The number of carbonyl (C=O) groups is 1. The summed E-state index contributed by atoms with van der Waals surface area (Å²) in [4.78, 5) is 11.5. The first kappa shape index (κ1) is 15.2. The maximum atomic E-state index is 11.5. The Kier molecular flexibility index (Phi) is 7.13. The molecule has 0 aromatic rings. The smallest absolute Gasteiger partial charge is 0.407 e. The van der Waals surface area contributed by atoms with Gasteiger partial charge in [0.1, 0.15) is 5.60 Å². The van der Waals surface area contributed by atoms with Crippen LogP contribution in [0, 0.1) is 0 Å². The summed E-state index contributed by atoms with van der Waals surface area (Å²) in [5, 5.41) is 2.80. The minimum atomic E-state index is -0.452. The molecule has 16 heavy (non-hydrogen) atoms. The number of unbranched alkanes of at least 4 members (excludes halogenated alkanes) is 2. The van der Waals surface area contributed by atoms with Gasteiger partial charge in [0.05, 0.1) is 0 Å². The molecule has 0 bridgehead atoms. The molecule has 0 heterocycles. The van der Waals surface area contributed by atoms with Crippen molar-refractivity contribution in [2.24, 2.45) is 5.73 Å². The quantitative estimate of drug-likeness (QED) is 0.689. The van der Waals surface area contributed by atoms with Crippen molar-refractivity contribution in [3.05, 3.63) is 0 Å². The summed E-state index contributed by atoms with van der Waals surface area (Å²) in [6, 6.07) is 0.0291. The highest BCUT2D eigenvalue weighted by atomic mass is 16.6. The third-order valence-corrected chi connectivity index (χ3v) is 2.16. The topological polar surface area (TPSA) is 64.3 Å². The van der Waals surface area contributed by atoms with Crippen molar-refractivity contribution >= 4 is 6.09 Å². The minimum absolute atomic E-state index is 0.0291. The second-order valence-corrected chi connectivity index (χ2v) is 5.07. The van der Waals surface area contributed by atoms with E-state index in [9.17, 15) is 4.79 Å². The van der Waals surface area contributed by atoms with Crippen LogP contribution in [0.4, 0.5) is 4.79 Å². The number of hydrogen-bond donors (Lipinski definition) is 2.